The molecule has 1 aliphatic rings. The van der Waals surface area contributed by atoms with Crippen molar-refractivity contribution in [1.29, 1.82) is 0 Å². The van der Waals surface area contributed by atoms with E-state index in [4.69, 9.17) is 5.84 Å². The molecule has 3 heterocycles. The molecular weight excluding hydrogens is 292 g/mol. The average Bonchev–Trinajstić information content (AvgIpc) is 3.10. The zero-order valence-corrected chi connectivity index (χ0v) is 12.8. The number of nitrogen functional groups attached to an aromatic ring is 1. The molecule has 3 rings (SSSR count). The summed E-state index contributed by atoms with van der Waals surface area (Å²) in [6, 6.07) is 2.61. The molecule has 0 aliphatic carbocycles. The fraction of sp³-hybridized carbons (Fsp3) is 0.385. The van der Waals surface area contributed by atoms with E-state index in [1.54, 1.807) is 0 Å². The SMILES string of the molecule is CC1c2ccsc2CCN1Cc1csc(C(=O)NN)n1. The van der Waals surface area contributed by atoms with Crippen LogP contribution in [0, 0.1) is 0 Å². The summed E-state index contributed by atoms with van der Waals surface area (Å²) >= 11 is 3.17. The van der Waals surface area contributed by atoms with Crippen LogP contribution in [-0.4, -0.2) is 22.3 Å². The largest absolute Gasteiger partial charge is 0.294 e. The van der Waals surface area contributed by atoms with E-state index < -0.39 is 0 Å². The lowest BCUT2D eigenvalue weighted by atomic mass is 10.0. The van der Waals surface area contributed by atoms with E-state index in [0.29, 0.717) is 11.0 Å². The highest BCUT2D eigenvalue weighted by Gasteiger charge is 2.25. The van der Waals surface area contributed by atoms with E-state index in [0.717, 1.165) is 25.2 Å². The lowest BCUT2D eigenvalue weighted by Crippen LogP contribution is -2.33. The molecule has 2 aromatic heterocycles. The number of aromatic nitrogens is 1. The maximum atomic E-state index is 11.4. The van der Waals surface area contributed by atoms with Crippen molar-refractivity contribution in [1.82, 2.24) is 15.3 Å². The summed E-state index contributed by atoms with van der Waals surface area (Å²) in [5.41, 5.74) is 4.47. The van der Waals surface area contributed by atoms with Crippen LogP contribution in [0.3, 0.4) is 0 Å². The third kappa shape index (κ3) is 2.49. The van der Waals surface area contributed by atoms with Crippen molar-refractivity contribution in [3.05, 3.63) is 38.0 Å². The van der Waals surface area contributed by atoms with Gasteiger partial charge in [-0.3, -0.25) is 15.1 Å². The van der Waals surface area contributed by atoms with Gasteiger partial charge in [-0.1, -0.05) is 0 Å². The minimum Gasteiger partial charge on any atom is -0.290 e. The van der Waals surface area contributed by atoms with Crippen molar-refractivity contribution < 1.29 is 4.79 Å². The van der Waals surface area contributed by atoms with E-state index in [-0.39, 0.29) is 5.91 Å². The number of hydrogen-bond acceptors (Lipinski definition) is 6. The number of hydrazine groups is 1. The van der Waals surface area contributed by atoms with E-state index in [1.165, 1.54) is 21.8 Å². The third-order valence-electron chi connectivity index (χ3n) is 3.65. The molecule has 2 aromatic rings. The molecule has 7 heteroatoms. The number of nitrogens with zero attached hydrogens (tertiary/aromatic N) is 2. The van der Waals surface area contributed by atoms with Crippen LogP contribution >= 0.6 is 22.7 Å². The lowest BCUT2D eigenvalue weighted by molar-refractivity contribution is 0.0952. The Kier molecular flexibility index (Phi) is 3.84. The van der Waals surface area contributed by atoms with Crippen LogP contribution < -0.4 is 11.3 Å². The van der Waals surface area contributed by atoms with Crippen molar-refractivity contribution in [2.24, 2.45) is 5.84 Å². The van der Waals surface area contributed by atoms with Crippen LogP contribution in [0.5, 0.6) is 0 Å². The Morgan fingerprint density at radius 2 is 2.45 bits per heavy atom. The van der Waals surface area contributed by atoms with Crippen molar-refractivity contribution in [2.75, 3.05) is 6.54 Å². The van der Waals surface area contributed by atoms with Crippen molar-refractivity contribution >= 4 is 28.6 Å². The normalized spacial score (nSPS) is 18.8. The number of thiophene rings is 1. The minimum atomic E-state index is -0.326. The van der Waals surface area contributed by atoms with Gasteiger partial charge in [0.15, 0.2) is 5.01 Å². The van der Waals surface area contributed by atoms with Crippen molar-refractivity contribution in [3.63, 3.8) is 0 Å². The number of carbonyl (C=O) groups is 1. The highest BCUT2D eigenvalue weighted by atomic mass is 32.1. The quantitative estimate of drug-likeness (QED) is 0.516. The van der Waals surface area contributed by atoms with Crippen LogP contribution in [0.25, 0.3) is 0 Å². The predicted octanol–water partition coefficient (Wildman–Crippen LogP) is 1.93. The number of rotatable bonds is 3. The van der Waals surface area contributed by atoms with Gasteiger partial charge in [-0.15, -0.1) is 22.7 Å². The molecule has 5 nitrogen and oxygen atoms in total. The maximum Gasteiger partial charge on any atom is 0.294 e. The number of nitrogens with two attached hydrogens (primary N) is 1. The van der Waals surface area contributed by atoms with Gasteiger partial charge in [-0.25, -0.2) is 10.8 Å². The van der Waals surface area contributed by atoms with Gasteiger partial charge in [0, 0.05) is 29.4 Å². The highest BCUT2D eigenvalue weighted by Crippen LogP contribution is 2.33. The lowest BCUT2D eigenvalue weighted by Gasteiger charge is -2.32. The summed E-state index contributed by atoms with van der Waals surface area (Å²) in [5.74, 6) is 4.79. The van der Waals surface area contributed by atoms with Gasteiger partial charge in [-0.05, 0) is 30.4 Å². The molecule has 0 spiro atoms. The summed E-state index contributed by atoms with van der Waals surface area (Å²) in [6.45, 7) is 4.03. The second-order valence-corrected chi connectivity index (χ2v) is 6.67. The molecule has 1 aliphatic heterocycles. The molecule has 1 amide bonds. The van der Waals surface area contributed by atoms with Gasteiger partial charge in [0.25, 0.3) is 5.91 Å². The molecule has 20 heavy (non-hydrogen) atoms. The number of hydrogen-bond donors (Lipinski definition) is 2. The van der Waals surface area contributed by atoms with Crippen LogP contribution in [0.1, 0.15) is 38.9 Å². The maximum absolute atomic E-state index is 11.4. The smallest absolute Gasteiger partial charge is 0.290 e. The standard InChI is InChI=1S/C13H16N4OS2/c1-8-10-3-5-19-11(10)2-4-17(8)6-9-7-20-13(15-9)12(18)16-14/h3,5,7-8H,2,4,6,14H2,1H3,(H,16,18). The second kappa shape index (κ2) is 5.61. The zero-order valence-electron chi connectivity index (χ0n) is 11.1. The topological polar surface area (TPSA) is 71.2 Å². The summed E-state index contributed by atoms with van der Waals surface area (Å²) in [7, 11) is 0. The van der Waals surface area contributed by atoms with Crippen LogP contribution in [0.2, 0.25) is 0 Å². The molecule has 0 saturated heterocycles. The van der Waals surface area contributed by atoms with E-state index in [1.807, 2.05) is 16.7 Å². The minimum absolute atomic E-state index is 0.326. The molecule has 1 atom stereocenters. The predicted molar refractivity (Wildman–Crippen MR) is 80.6 cm³/mol. The summed E-state index contributed by atoms with van der Waals surface area (Å²) in [4.78, 5) is 19.6. The molecular formula is C13H16N4OS2. The molecule has 0 bridgehead atoms. The molecule has 0 radical (unpaired) electrons. The van der Waals surface area contributed by atoms with Gasteiger partial charge in [0.2, 0.25) is 0 Å². The number of fused-ring (bicyclic) bond motifs is 1. The van der Waals surface area contributed by atoms with E-state index >= 15 is 0 Å². The molecule has 0 saturated carbocycles. The number of thiazole rings is 1. The Labute approximate surface area is 125 Å². The monoisotopic (exact) mass is 308 g/mol. The van der Waals surface area contributed by atoms with Gasteiger partial charge in [0.05, 0.1) is 5.69 Å². The van der Waals surface area contributed by atoms with Crippen molar-refractivity contribution in [2.45, 2.75) is 25.9 Å². The first kappa shape index (κ1) is 13.7. The van der Waals surface area contributed by atoms with E-state index in [9.17, 15) is 4.79 Å². The first-order chi connectivity index (χ1) is 9.69. The third-order valence-corrected chi connectivity index (χ3v) is 5.53. The van der Waals surface area contributed by atoms with E-state index in [2.05, 4.69) is 33.7 Å². The first-order valence-electron chi connectivity index (χ1n) is 6.44. The fourth-order valence-corrected chi connectivity index (χ4v) is 4.20. The summed E-state index contributed by atoms with van der Waals surface area (Å²) < 4.78 is 0. The zero-order chi connectivity index (χ0) is 14.1. The molecule has 0 aromatic carbocycles. The first-order valence-corrected chi connectivity index (χ1v) is 8.20. The van der Waals surface area contributed by atoms with Crippen LogP contribution in [-0.2, 0) is 13.0 Å². The summed E-state index contributed by atoms with van der Waals surface area (Å²) in [6.07, 6.45) is 1.09. The number of carbonyl (C=O) groups excluding carboxylic acids is 1. The van der Waals surface area contributed by atoms with Crippen LogP contribution in [0.4, 0.5) is 0 Å². The highest BCUT2D eigenvalue weighted by molar-refractivity contribution is 7.11. The summed E-state index contributed by atoms with van der Waals surface area (Å²) in [5, 5.41) is 4.51. The Morgan fingerprint density at radius 3 is 3.25 bits per heavy atom. The van der Waals surface area contributed by atoms with Gasteiger partial charge >= 0.3 is 0 Å². The molecule has 106 valence electrons. The van der Waals surface area contributed by atoms with Gasteiger partial charge < -0.3 is 0 Å². The van der Waals surface area contributed by atoms with Crippen LogP contribution in [0.15, 0.2) is 16.8 Å². The molecule has 0 fully saturated rings. The van der Waals surface area contributed by atoms with Gasteiger partial charge in [0.1, 0.15) is 0 Å². The molecule has 3 N–H and O–H groups in total. The Bertz CT molecular complexity index is 621. The Balaban J connectivity index is 1.73. The number of amides is 1. The Morgan fingerprint density at radius 1 is 1.60 bits per heavy atom. The second-order valence-electron chi connectivity index (χ2n) is 4.81. The Hall–Kier alpha value is -1.28. The average molecular weight is 308 g/mol. The molecule has 1 unspecified atom stereocenters. The van der Waals surface area contributed by atoms with Gasteiger partial charge in [-0.2, -0.15) is 0 Å². The van der Waals surface area contributed by atoms with Crippen molar-refractivity contribution in [3.8, 4) is 0 Å². The fourth-order valence-electron chi connectivity index (χ4n) is 2.53. The number of nitrogens with one attached hydrogen (secondary N) is 1.